The van der Waals surface area contributed by atoms with E-state index in [0.29, 0.717) is 21.6 Å². The smallest absolute Gasteiger partial charge is 0.242 e. The Morgan fingerprint density at radius 2 is 1.79 bits per heavy atom. The third-order valence-electron chi connectivity index (χ3n) is 4.58. The van der Waals surface area contributed by atoms with Gasteiger partial charge in [-0.1, -0.05) is 66.3 Å². The van der Waals surface area contributed by atoms with Gasteiger partial charge < -0.3 is 10.2 Å². The van der Waals surface area contributed by atoms with Crippen molar-refractivity contribution >= 4 is 46.6 Å². The summed E-state index contributed by atoms with van der Waals surface area (Å²) in [4.78, 5) is 27.3. The van der Waals surface area contributed by atoms with Crippen LogP contribution in [0, 0.1) is 0 Å². The number of rotatable bonds is 9. The summed E-state index contributed by atoms with van der Waals surface area (Å²) in [5, 5.41) is 4.31. The number of nitrogens with one attached hydrogen (secondary N) is 1. The number of amides is 2. The molecule has 0 aliphatic carbocycles. The van der Waals surface area contributed by atoms with E-state index < -0.39 is 6.04 Å². The molecule has 2 rings (SSSR count). The van der Waals surface area contributed by atoms with Gasteiger partial charge in [0.05, 0.1) is 16.5 Å². The lowest BCUT2D eigenvalue weighted by atomic mass is 10.1. The molecule has 29 heavy (non-hydrogen) atoms. The lowest BCUT2D eigenvalue weighted by Gasteiger charge is -2.29. The third-order valence-corrected chi connectivity index (χ3v) is 5.55. The first-order valence-corrected chi connectivity index (χ1v) is 10.7. The van der Waals surface area contributed by atoms with Crippen LogP contribution in [-0.2, 0) is 22.6 Å². The zero-order valence-corrected chi connectivity index (χ0v) is 18.8. The van der Waals surface area contributed by atoms with Crippen molar-refractivity contribution in [3.8, 4) is 0 Å². The van der Waals surface area contributed by atoms with E-state index in [-0.39, 0.29) is 24.8 Å². The zero-order chi connectivity index (χ0) is 21.4. The largest absolute Gasteiger partial charge is 0.354 e. The fourth-order valence-electron chi connectivity index (χ4n) is 2.88. The maximum absolute atomic E-state index is 13.1. The first-order chi connectivity index (χ1) is 13.8. The second-order valence-corrected chi connectivity index (χ2v) is 8.15. The number of carbonyl (C=O) groups is 2. The molecule has 2 aromatic carbocycles. The summed E-state index contributed by atoms with van der Waals surface area (Å²) in [5.41, 5.74) is 1.59. The van der Waals surface area contributed by atoms with Gasteiger partial charge in [-0.2, -0.15) is 0 Å². The number of halogens is 3. The number of nitrogens with zero attached hydrogens (tertiary/aromatic N) is 1. The zero-order valence-electron chi connectivity index (χ0n) is 16.6. The average molecular weight is 456 g/mol. The minimum atomic E-state index is -0.624. The Hall–Kier alpha value is -1.75. The van der Waals surface area contributed by atoms with E-state index >= 15 is 0 Å². The molecule has 4 nitrogen and oxygen atoms in total. The fourth-order valence-corrected chi connectivity index (χ4v) is 3.41. The lowest BCUT2D eigenvalue weighted by Crippen LogP contribution is -2.48. The number of hydrogen-bond acceptors (Lipinski definition) is 2. The van der Waals surface area contributed by atoms with Crippen molar-refractivity contribution in [1.29, 1.82) is 0 Å². The molecular formula is C22H25Cl3N2O2. The summed E-state index contributed by atoms with van der Waals surface area (Å²) in [7, 11) is 0. The highest BCUT2D eigenvalue weighted by Gasteiger charge is 2.26. The molecule has 156 valence electrons. The van der Waals surface area contributed by atoms with Crippen LogP contribution in [-0.4, -0.2) is 29.3 Å². The van der Waals surface area contributed by atoms with Gasteiger partial charge in [-0.3, -0.25) is 9.59 Å². The standard InChI is InChI=1S/C22H25Cl3N2O2/c1-3-4-10-26-22(29)15(2)27(14-17-6-5-7-18(23)11-17)21(28)13-16-8-9-19(24)20(25)12-16/h5-9,11-12,15H,3-4,10,13-14H2,1-2H3,(H,26,29)/t15-/m1/s1. The number of hydrogen-bond donors (Lipinski definition) is 1. The summed E-state index contributed by atoms with van der Waals surface area (Å²) >= 11 is 18.1. The second-order valence-electron chi connectivity index (χ2n) is 6.90. The Balaban J connectivity index is 2.20. The van der Waals surface area contributed by atoms with Crippen molar-refractivity contribution in [1.82, 2.24) is 10.2 Å². The molecule has 0 aliphatic rings. The highest BCUT2D eigenvalue weighted by molar-refractivity contribution is 6.42. The van der Waals surface area contributed by atoms with Gasteiger partial charge >= 0.3 is 0 Å². The van der Waals surface area contributed by atoms with Crippen LogP contribution in [0.2, 0.25) is 15.1 Å². The summed E-state index contributed by atoms with van der Waals surface area (Å²) in [6, 6.07) is 11.7. The molecule has 0 aromatic heterocycles. The minimum absolute atomic E-state index is 0.115. The van der Waals surface area contributed by atoms with Gasteiger partial charge in [-0.25, -0.2) is 0 Å². The molecule has 0 aliphatic heterocycles. The van der Waals surface area contributed by atoms with Crippen molar-refractivity contribution in [2.24, 2.45) is 0 Å². The Labute approximate surface area is 187 Å². The molecule has 1 N–H and O–H groups in total. The molecular weight excluding hydrogens is 431 g/mol. The normalized spacial score (nSPS) is 11.8. The number of unbranched alkanes of at least 4 members (excludes halogenated alkanes) is 1. The lowest BCUT2D eigenvalue weighted by molar-refractivity contribution is -0.140. The molecule has 1 atom stereocenters. The van der Waals surface area contributed by atoms with E-state index in [4.69, 9.17) is 34.8 Å². The fraction of sp³-hybridized carbons (Fsp3) is 0.364. The van der Waals surface area contributed by atoms with Crippen molar-refractivity contribution in [3.63, 3.8) is 0 Å². The predicted molar refractivity (Wildman–Crippen MR) is 120 cm³/mol. The monoisotopic (exact) mass is 454 g/mol. The molecule has 2 amide bonds. The predicted octanol–water partition coefficient (Wildman–Crippen LogP) is 5.52. The Morgan fingerprint density at radius 1 is 1.03 bits per heavy atom. The van der Waals surface area contributed by atoms with Crippen molar-refractivity contribution in [2.45, 2.75) is 45.7 Å². The van der Waals surface area contributed by atoms with Gasteiger partial charge in [-0.05, 0) is 48.7 Å². The van der Waals surface area contributed by atoms with Crippen LogP contribution >= 0.6 is 34.8 Å². The second kappa shape index (κ2) is 11.4. The summed E-state index contributed by atoms with van der Waals surface area (Å²) < 4.78 is 0. The van der Waals surface area contributed by atoms with Crippen LogP contribution in [0.1, 0.15) is 37.8 Å². The summed E-state index contributed by atoms with van der Waals surface area (Å²) in [5.74, 6) is -0.357. The topological polar surface area (TPSA) is 49.4 Å². The summed E-state index contributed by atoms with van der Waals surface area (Å²) in [6.07, 6.45) is 1.99. The molecule has 0 bridgehead atoms. The Morgan fingerprint density at radius 3 is 2.45 bits per heavy atom. The van der Waals surface area contributed by atoms with E-state index in [0.717, 1.165) is 24.0 Å². The van der Waals surface area contributed by atoms with Gasteiger partial charge in [0, 0.05) is 18.1 Å². The highest BCUT2D eigenvalue weighted by Crippen LogP contribution is 2.23. The molecule has 0 unspecified atom stereocenters. The molecule has 0 heterocycles. The van der Waals surface area contributed by atoms with E-state index in [1.165, 1.54) is 0 Å². The van der Waals surface area contributed by atoms with Gasteiger partial charge in [0.1, 0.15) is 6.04 Å². The Kier molecular flexibility index (Phi) is 9.28. The maximum Gasteiger partial charge on any atom is 0.242 e. The quantitative estimate of drug-likeness (QED) is 0.506. The van der Waals surface area contributed by atoms with Crippen LogP contribution in [0.3, 0.4) is 0 Å². The van der Waals surface area contributed by atoms with E-state index in [1.807, 2.05) is 12.1 Å². The number of carbonyl (C=O) groups excluding carboxylic acids is 2. The molecule has 0 saturated carbocycles. The first kappa shape index (κ1) is 23.5. The van der Waals surface area contributed by atoms with Crippen molar-refractivity contribution in [3.05, 3.63) is 68.7 Å². The SMILES string of the molecule is CCCCNC(=O)[C@@H](C)N(Cc1cccc(Cl)c1)C(=O)Cc1ccc(Cl)c(Cl)c1. The number of benzene rings is 2. The van der Waals surface area contributed by atoms with Gasteiger partial charge in [0.15, 0.2) is 0 Å². The molecule has 0 fully saturated rings. The molecule has 2 aromatic rings. The van der Waals surface area contributed by atoms with Gasteiger partial charge in [0.25, 0.3) is 0 Å². The van der Waals surface area contributed by atoms with Crippen LogP contribution in [0.5, 0.6) is 0 Å². The van der Waals surface area contributed by atoms with Gasteiger partial charge in [-0.15, -0.1) is 0 Å². The molecule has 7 heteroatoms. The molecule has 0 saturated heterocycles. The van der Waals surface area contributed by atoms with Crippen LogP contribution < -0.4 is 5.32 Å². The maximum atomic E-state index is 13.1. The van der Waals surface area contributed by atoms with Crippen LogP contribution in [0.4, 0.5) is 0 Å². The van der Waals surface area contributed by atoms with Crippen molar-refractivity contribution < 1.29 is 9.59 Å². The summed E-state index contributed by atoms with van der Waals surface area (Å²) in [6.45, 7) is 4.66. The van der Waals surface area contributed by atoms with E-state index in [2.05, 4.69) is 12.2 Å². The molecule has 0 radical (unpaired) electrons. The Bertz CT molecular complexity index is 858. The van der Waals surface area contributed by atoms with E-state index in [1.54, 1.807) is 42.2 Å². The highest BCUT2D eigenvalue weighted by atomic mass is 35.5. The van der Waals surface area contributed by atoms with Crippen LogP contribution in [0.15, 0.2) is 42.5 Å². The average Bonchev–Trinajstić information content (AvgIpc) is 2.68. The van der Waals surface area contributed by atoms with Gasteiger partial charge in [0.2, 0.25) is 11.8 Å². The van der Waals surface area contributed by atoms with Crippen molar-refractivity contribution in [2.75, 3.05) is 6.54 Å². The van der Waals surface area contributed by atoms with Crippen LogP contribution in [0.25, 0.3) is 0 Å². The van der Waals surface area contributed by atoms with E-state index in [9.17, 15) is 9.59 Å². The third kappa shape index (κ3) is 7.22. The first-order valence-electron chi connectivity index (χ1n) is 9.57. The molecule has 0 spiro atoms. The minimum Gasteiger partial charge on any atom is -0.354 e.